The summed E-state index contributed by atoms with van der Waals surface area (Å²) in [4.78, 5) is 14.7. The molecule has 2 aromatic rings. The van der Waals surface area contributed by atoms with Crippen LogP contribution in [0.15, 0.2) is 35.5 Å². The molecular formula is C18H23N5O4S2. The van der Waals surface area contributed by atoms with Crippen molar-refractivity contribution in [2.45, 2.75) is 43.1 Å². The summed E-state index contributed by atoms with van der Waals surface area (Å²) in [6.45, 7) is 1.32. The van der Waals surface area contributed by atoms with Crippen LogP contribution >= 0.6 is 11.8 Å². The largest absolute Gasteiger partial charge is 0.376 e. The second-order valence-corrected chi connectivity index (χ2v) is 10.4. The van der Waals surface area contributed by atoms with Gasteiger partial charge in [0.15, 0.2) is 9.84 Å². The molecule has 0 bridgehead atoms. The zero-order chi connectivity index (χ0) is 20.3. The Labute approximate surface area is 173 Å². The molecule has 0 spiro atoms. The molecule has 1 aromatic carbocycles. The van der Waals surface area contributed by atoms with Crippen molar-refractivity contribution in [3.05, 3.63) is 30.3 Å². The topological polar surface area (TPSA) is 107 Å². The molecule has 0 aliphatic carbocycles. The molecule has 2 saturated heterocycles. The van der Waals surface area contributed by atoms with E-state index in [1.54, 1.807) is 9.58 Å². The van der Waals surface area contributed by atoms with Crippen molar-refractivity contribution in [2.75, 3.05) is 28.8 Å². The molecule has 1 amide bonds. The van der Waals surface area contributed by atoms with Gasteiger partial charge < -0.3 is 9.64 Å². The molecule has 29 heavy (non-hydrogen) atoms. The van der Waals surface area contributed by atoms with Gasteiger partial charge >= 0.3 is 0 Å². The number of anilines is 1. The molecule has 2 aliphatic rings. The van der Waals surface area contributed by atoms with Gasteiger partial charge in [-0.15, -0.1) is 5.10 Å². The monoisotopic (exact) mass is 437 g/mol. The Morgan fingerprint density at radius 3 is 2.79 bits per heavy atom. The van der Waals surface area contributed by atoms with E-state index in [0.717, 1.165) is 19.4 Å². The minimum atomic E-state index is -3.11. The highest BCUT2D eigenvalue weighted by molar-refractivity contribution is 7.99. The van der Waals surface area contributed by atoms with Gasteiger partial charge in [0.2, 0.25) is 11.1 Å². The zero-order valence-corrected chi connectivity index (χ0v) is 17.5. The summed E-state index contributed by atoms with van der Waals surface area (Å²) in [5.41, 5.74) is 0.708. The highest BCUT2D eigenvalue weighted by atomic mass is 32.2. The number of rotatable bonds is 7. The lowest BCUT2D eigenvalue weighted by atomic mass is 10.2. The van der Waals surface area contributed by atoms with Crippen LogP contribution in [0.2, 0.25) is 0 Å². The first-order valence-electron chi connectivity index (χ1n) is 9.60. The van der Waals surface area contributed by atoms with Gasteiger partial charge in [-0.25, -0.2) is 13.1 Å². The van der Waals surface area contributed by atoms with Crippen molar-refractivity contribution in [1.29, 1.82) is 0 Å². The molecule has 1 aromatic heterocycles. The van der Waals surface area contributed by atoms with Crippen LogP contribution < -0.4 is 4.90 Å². The fourth-order valence-corrected chi connectivity index (χ4v) is 6.16. The van der Waals surface area contributed by atoms with Gasteiger partial charge in [-0.1, -0.05) is 30.0 Å². The fourth-order valence-electron chi connectivity index (χ4n) is 3.72. The van der Waals surface area contributed by atoms with Crippen LogP contribution in [-0.4, -0.2) is 70.5 Å². The summed E-state index contributed by atoms with van der Waals surface area (Å²) in [7, 11) is -3.11. The second-order valence-electron chi connectivity index (χ2n) is 7.22. The average molecular weight is 438 g/mol. The Bertz CT molecular complexity index is 944. The number of thioether (sulfide) groups is 1. The molecule has 3 heterocycles. The fraction of sp³-hybridized carbons (Fsp3) is 0.556. The molecule has 2 atom stereocenters. The van der Waals surface area contributed by atoms with Gasteiger partial charge in [0.1, 0.15) is 0 Å². The number of tetrazole rings is 1. The molecule has 0 radical (unpaired) electrons. The van der Waals surface area contributed by atoms with Crippen molar-refractivity contribution in [3.63, 3.8) is 0 Å². The lowest BCUT2D eigenvalue weighted by Gasteiger charge is -2.28. The summed E-state index contributed by atoms with van der Waals surface area (Å²) < 4.78 is 31.2. The average Bonchev–Trinajstić information content (AvgIpc) is 3.44. The number of ether oxygens (including phenoxy) is 1. The van der Waals surface area contributed by atoms with E-state index < -0.39 is 9.84 Å². The van der Waals surface area contributed by atoms with E-state index in [9.17, 15) is 13.2 Å². The molecular weight excluding hydrogens is 414 g/mol. The first kappa shape index (κ1) is 20.3. The van der Waals surface area contributed by atoms with Gasteiger partial charge in [-0.3, -0.25) is 4.79 Å². The minimum absolute atomic E-state index is 0.00490. The van der Waals surface area contributed by atoms with Gasteiger partial charge in [-0.05, 0) is 41.8 Å². The number of nitrogens with zero attached hydrogens (tertiary/aromatic N) is 5. The number of carbonyl (C=O) groups excluding carboxylic acids is 1. The highest BCUT2D eigenvalue weighted by Crippen LogP contribution is 2.26. The number of amides is 1. The van der Waals surface area contributed by atoms with Crippen LogP contribution in [0.1, 0.15) is 19.3 Å². The van der Waals surface area contributed by atoms with E-state index in [1.807, 2.05) is 30.3 Å². The smallest absolute Gasteiger partial charge is 0.237 e. The quantitative estimate of drug-likeness (QED) is 0.594. The highest BCUT2D eigenvalue weighted by Gasteiger charge is 2.35. The zero-order valence-electron chi connectivity index (χ0n) is 15.9. The van der Waals surface area contributed by atoms with Crippen molar-refractivity contribution >= 4 is 33.2 Å². The molecule has 9 nitrogen and oxygen atoms in total. The minimum Gasteiger partial charge on any atom is -0.376 e. The maximum atomic E-state index is 13.1. The van der Waals surface area contributed by atoms with Gasteiger partial charge in [0.05, 0.1) is 35.9 Å². The number of hydrogen-bond donors (Lipinski definition) is 0. The third kappa shape index (κ3) is 4.96. The molecule has 156 valence electrons. The van der Waals surface area contributed by atoms with Crippen molar-refractivity contribution in [1.82, 2.24) is 20.2 Å². The van der Waals surface area contributed by atoms with Crippen molar-refractivity contribution in [3.8, 4) is 0 Å². The van der Waals surface area contributed by atoms with Gasteiger partial charge in [0, 0.05) is 12.3 Å². The van der Waals surface area contributed by atoms with Crippen molar-refractivity contribution in [2.24, 2.45) is 0 Å². The summed E-state index contributed by atoms with van der Waals surface area (Å²) in [5.74, 6) is 0.0722. The standard InChI is InChI=1S/C18H23N5O4S2/c24-17(12-28-18-19-20-21-22(18)11-16-7-4-9-27-16)23(14-5-2-1-3-6-14)15-8-10-29(25,26)13-15/h1-3,5-6,15-16H,4,7-13H2/t15-,16-/m0/s1. The predicted octanol–water partition coefficient (Wildman–Crippen LogP) is 1.16. The first-order valence-corrected chi connectivity index (χ1v) is 12.4. The van der Waals surface area contributed by atoms with Gasteiger partial charge in [-0.2, -0.15) is 0 Å². The Balaban J connectivity index is 1.46. The number of aromatic nitrogens is 4. The van der Waals surface area contributed by atoms with Crippen LogP contribution in [0.4, 0.5) is 5.69 Å². The summed E-state index contributed by atoms with van der Waals surface area (Å²) >= 11 is 1.26. The lowest BCUT2D eigenvalue weighted by Crippen LogP contribution is -2.42. The van der Waals surface area contributed by atoms with E-state index in [2.05, 4.69) is 15.5 Å². The number of sulfone groups is 1. The van der Waals surface area contributed by atoms with Crippen LogP contribution in [0.25, 0.3) is 0 Å². The van der Waals surface area contributed by atoms with E-state index >= 15 is 0 Å². The van der Waals surface area contributed by atoms with Crippen LogP contribution in [0.5, 0.6) is 0 Å². The predicted molar refractivity (Wildman–Crippen MR) is 109 cm³/mol. The third-order valence-electron chi connectivity index (χ3n) is 5.10. The second kappa shape index (κ2) is 8.80. The SMILES string of the molecule is O=C(CSc1nnnn1C[C@@H]1CCCO1)N(c1ccccc1)[C@H]1CCS(=O)(=O)C1. The number of benzene rings is 1. The van der Waals surface area contributed by atoms with E-state index in [1.165, 1.54) is 11.8 Å². The van der Waals surface area contributed by atoms with E-state index in [-0.39, 0.29) is 35.3 Å². The lowest BCUT2D eigenvalue weighted by molar-refractivity contribution is -0.116. The van der Waals surface area contributed by atoms with Crippen LogP contribution in [-0.2, 0) is 25.9 Å². The van der Waals surface area contributed by atoms with Gasteiger partial charge in [0.25, 0.3) is 0 Å². The molecule has 0 unspecified atom stereocenters. The number of carbonyl (C=O) groups is 1. The normalized spacial score (nSPS) is 23.3. The van der Waals surface area contributed by atoms with Crippen molar-refractivity contribution < 1.29 is 17.9 Å². The van der Waals surface area contributed by atoms with Crippen LogP contribution in [0.3, 0.4) is 0 Å². The van der Waals surface area contributed by atoms with E-state index in [0.29, 0.717) is 23.8 Å². The molecule has 0 saturated carbocycles. The Kier molecular flexibility index (Phi) is 6.16. The molecule has 11 heteroatoms. The van der Waals surface area contributed by atoms with E-state index in [4.69, 9.17) is 4.74 Å². The Morgan fingerprint density at radius 1 is 1.28 bits per heavy atom. The molecule has 0 N–H and O–H groups in total. The molecule has 2 aliphatic heterocycles. The molecule has 2 fully saturated rings. The maximum absolute atomic E-state index is 13.1. The maximum Gasteiger partial charge on any atom is 0.237 e. The summed E-state index contributed by atoms with van der Waals surface area (Å²) in [5, 5.41) is 12.3. The Hall–Kier alpha value is -1.98. The first-order chi connectivity index (χ1) is 14.0. The summed E-state index contributed by atoms with van der Waals surface area (Å²) in [6, 6.07) is 8.86. The summed E-state index contributed by atoms with van der Waals surface area (Å²) in [6.07, 6.45) is 2.55. The number of hydrogen-bond acceptors (Lipinski definition) is 8. The Morgan fingerprint density at radius 2 is 2.10 bits per heavy atom. The molecule has 4 rings (SSSR count). The third-order valence-corrected chi connectivity index (χ3v) is 7.79. The van der Waals surface area contributed by atoms with Crippen LogP contribution in [0, 0.1) is 0 Å². The number of para-hydroxylation sites is 1.